The van der Waals surface area contributed by atoms with E-state index in [0.717, 1.165) is 11.3 Å². The Morgan fingerprint density at radius 2 is 2.10 bits per heavy atom. The van der Waals surface area contributed by atoms with Crippen LogP contribution < -0.4 is 11.1 Å². The summed E-state index contributed by atoms with van der Waals surface area (Å²) in [6.45, 7) is 1.93. The lowest BCUT2D eigenvalue weighted by Crippen LogP contribution is -2.08. The summed E-state index contributed by atoms with van der Waals surface area (Å²) in [4.78, 5) is 16.4. The molecule has 21 heavy (non-hydrogen) atoms. The van der Waals surface area contributed by atoms with Crippen LogP contribution in [0.1, 0.15) is 5.56 Å². The van der Waals surface area contributed by atoms with E-state index in [9.17, 15) is 0 Å². The number of imidazole rings is 1. The van der Waals surface area contributed by atoms with Gasteiger partial charge in [-0.15, -0.1) is 0 Å². The van der Waals surface area contributed by atoms with Crippen LogP contribution in [0.15, 0.2) is 36.9 Å². The molecular weight excluding hydrogens is 290 g/mol. The van der Waals surface area contributed by atoms with Crippen molar-refractivity contribution < 1.29 is 0 Å². The first-order chi connectivity index (χ1) is 10.1. The van der Waals surface area contributed by atoms with Gasteiger partial charge in [0.2, 0.25) is 17.8 Å². The molecule has 3 rings (SSSR count). The summed E-state index contributed by atoms with van der Waals surface area (Å²) in [6, 6.07) is 5.60. The van der Waals surface area contributed by atoms with Crippen molar-refractivity contribution in [3.05, 3.63) is 47.5 Å². The van der Waals surface area contributed by atoms with E-state index >= 15 is 0 Å². The van der Waals surface area contributed by atoms with Gasteiger partial charge in [-0.05, 0) is 24.6 Å². The molecule has 0 fully saturated rings. The topological polar surface area (TPSA) is 94.5 Å². The Balaban J connectivity index is 1.93. The van der Waals surface area contributed by atoms with Gasteiger partial charge in [0.05, 0.1) is 0 Å². The molecule has 1 aromatic carbocycles. The zero-order valence-electron chi connectivity index (χ0n) is 11.2. The van der Waals surface area contributed by atoms with Crippen molar-refractivity contribution in [2.24, 2.45) is 0 Å². The van der Waals surface area contributed by atoms with E-state index in [0.29, 0.717) is 16.9 Å². The second kappa shape index (κ2) is 5.37. The molecule has 0 bridgehead atoms. The van der Waals surface area contributed by atoms with E-state index in [1.54, 1.807) is 29.4 Å². The van der Waals surface area contributed by atoms with Crippen LogP contribution in [-0.4, -0.2) is 24.5 Å². The van der Waals surface area contributed by atoms with Crippen LogP contribution in [0.2, 0.25) is 5.02 Å². The molecule has 0 aliphatic carbocycles. The molecule has 0 amide bonds. The smallest absolute Gasteiger partial charge is 0.241 e. The van der Waals surface area contributed by atoms with Gasteiger partial charge in [0, 0.05) is 23.1 Å². The molecule has 0 aliphatic rings. The Morgan fingerprint density at radius 3 is 2.81 bits per heavy atom. The van der Waals surface area contributed by atoms with Gasteiger partial charge in [-0.2, -0.15) is 15.0 Å². The minimum Gasteiger partial charge on any atom is -0.368 e. The molecule has 0 atom stereocenters. The molecule has 106 valence electrons. The molecule has 2 heterocycles. The molecule has 0 aliphatic heterocycles. The van der Waals surface area contributed by atoms with E-state index in [2.05, 4.69) is 25.3 Å². The lowest BCUT2D eigenvalue weighted by Gasteiger charge is -2.08. The largest absolute Gasteiger partial charge is 0.368 e. The predicted molar refractivity (Wildman–Crippen MR) is 80.8 cm³/mol. The maximum Gasteiger partial charge on any atom is 0.241 e. The van der Waals surface area contributed by atoms with Crippen molar-refractivity contribution in [3.8, 4) is 5.95 Å². The molecule has 0 saturated heterocycles. The number of aryl methyl sites for hydroxylation is 1. The summed E-state index contributed by atoms with van der Waals surface area (Å²) in [7, 11) is 0. The van der Waals surface area contributed by atoms with E-state index in [-0.39, 0.29) is 5.95 Å². The number of nitrogens with one attached hydrogen (secondary N) is 1. The number of benzene rings is 1. The zero-order valence-corrected chi connectivity index (χ0v) is 11.9. The minimum absolute atomic E-state index is 0.120. The fourth-order valence-electron chi connectivity index (χ4n) is 1.73. The van der Waals surface area contributed by atoms with Crippen LogP contribution in [0.25, 0.3) is 5.95 Å². The fourth-order valence-corrected chi connectivity index (χ4v) is 1.91. The maximum absolute atomic E-state index is 6.09. The normalized spacial score (nSPS) is 10.6. The Hall–Kier alpha value is -2.67. The number of nitrogen functional groups attached to an aromatic ring is 1. The van der Waals surface area contributed by atoms with Gasteiger partial charge in [0.25, 0.3) is 0 Å². The van der Waals surface area contributed by atoms with Crippen molar-refractivity contribution in [2.75, 3.05) is 11.1 Å². The van der Waals surface area contributed by atoms with E-state index < -0.39 is 0 Å². The molecule has 0 radical (unpaired) electrons. The predicted octanol–water partition coefficient (Wildman–Crippen LogP) is 2.34. The van der Waals surface area contributed by atoms with E-state index in [1.165, 1.54) is 0 Å². The highest BCUT2D eigenvalue weighted by atomic mass is 35.5. The number of hydrogen-bond acceptors (Lipinski definition) is 6. The number of anilines is 3. The van der Waals surface area contributed by atoms with Crippen LogP contribution in [0.4, 0.5) is 17.6 Å². The summed E-state index contributed by atoms with van der Waals surface area (Å²) in [6.07, 6.45) is 4.94. The van der Waals surface area contributed by atoms with Gasteiger partial charge in [0.15, 0.2) is 0 Å². The van der Waals surface area contributed by atoms with Crippen LogP contribution in [-0.2, 0) is 0 Å². The molecule has 8 heteroatoms. The number of halogens is 1. The van der Waals surface area contributed by atoms with Gasteiger partial charge in [0.1, 0.15) is 6.33 Å². The van der Waals surface area contributed by atoms with Gasteiger partial charge in [-0.1, -0.05) is 17.7 Å². The van der Waals surface area contributed by atoms with E-state index in [4.69, 9.17) is 17.3 Å². The standard InChI is InChI=1S/C13H12ClN7/c1-8-2-3-9(6-10(8)14)17-12-18-11(15)19-13(20-12)21-5-4-16-7-21/h2-7H,1H3,(H3,15,17,18,19,20). The average Bonchev–Trinajstić information content (AvgIpc) is 2.96. The first-order valence-electron chi connectivity index (χ1n) is 6.15. The third-order valence-electron chi connectivity index (χ3n) is 2.80. The molecule has 3 N–H and O–H groups in total. The first-order valence-corrected chi connectivity index (χ1v) is 6.53. The van der Waals surface area contributed by atoms with Gasteiger partial charge < -0.3 is 11.1 Å². The van der Waals surface area contributed by atoms with Crippen molar-refractivity contribution in [3.63, 3.8) is 0 Å². The number of hydrogen-bond donors (Lipinski definition) is 2. The molecule has 7 nitrogen and oxygen atoms in total. The molecular formula is C13H12ClN7. The van der Waals surface area contributed by atoms with Crippen LogP contribution >= 0.6 is 11.6 Å². The van der Waals surface area contributed by atoms with Crippen LogP contribution in [0.5, 0.6) is 0 Å². The summed E-state index contributed by atoms with van der Waals surface area (Å²) in [5, 5.41) is 3.72. The number of nitrogens with two attached hydrogens (primary N) is 1. The Kier molecular flexibility index (Phi) is 3.41. The highest BCUT2D eigenvalue weighted by Crippen LogP contribution is 2.22. The van der Waals surface area contributed by atoms with Gasteiger partial charge in [-0.3, -0.25) is 4.57 Å². The van der Waals surface area contributed by atoms with Crippen molar-refractivity contribution in [1.82, 2.24) is 24.5 Å². The molecule has 3 aromatic rings. The van der Waals surface area contributed by atoms with Crippen molar-refractivity contribution in [1.29, 1.82) is 0 Å². The molecule has 0 spiro atoms. The van der Waals surface area contributed by atoms with Gasteiger partial charge in [-0.25, -0.2) is 4.98 Å². The van der Waals surface area contributed by atoms with Crippen LogP contribution in [0.3, 0.4) is 0 Å². The van der Waals surface area contributed by atoms with Gasteiger partial charge >= 0.3 is 0 Å². The number of nitrogens with zero attached hydrogens (tertiary/aromatic N) is 5. The fraction of sp³-hybridized carbons (Fsp3) is 0.0769. The first kappa shape index (κ1) is 13.3. The monoisotopic (exact) mass is 301 g/mol. The van der Waals surface area contributed by atoms with Crippen LogP contribution in [0, 0.1) is 6.92 Å². The summed E-state index contributed by atoms with van der Waals surface area (Å²) >= 11 is 6.09. The Bertz CT molecular complexity index is 770. The molecule has 0 saturated carbocycles. The number of rotatable bonds is 3. The third kappa shape index (κ3) is 2.92. The lowest BCUT2D eigenvalue weighted by molar-refractivity contribution is 0.906. The minimum atomic E-state index is 0.120. The summed E-state index contributed by atoms with van der Waals surface area (Å²) < 4.78 is 1.64. The molecule has 2 aromatic heterocycles. The molecule has 0 unspecified atom stereocenters. The number of aromatic nitrogens is 5. The lowest BCUT2D eigenvalue weighted by atomic mass is 10.2. The summed E-state index contributed by atoms with van der Waals surface area (Å²) in [5.74, 6) is 0.848. The zero-order chi connectivity index (χ0) is 14.8. The van der Waals surface area contributed by atoms with E-state index in [1.807, 2.05) is 19.1 Å². The second-order valence-corrected chi connectivity index (χ2v) is 4.78. The van der Waals surface area contributed by atoms with Crippen molar-refractivity contribution >= 4 is 29.2 Å². The Morgan fingerprint density at radius 1 is 1.24 bits per heavy atom. The van der Waals surface area contributed by atoms with Crippen molar-refractivity contribution in [2.45, 2.75) is 6.92 Å². The SMILES string of the molecule is Cc1ccc(Nc2nc(N)nc(-n3ccnc3)n2)cc1Cl. The third-order valence-corrected chi connectivity index (χ3v) is 3.21. The summed E-state index contributed by atoms with van der Waals surface area (Å²) in [5.41, 5.74) is 7.48. The quantitative estimate of drug-likeness (QED) is 0.771. The second-order valence-electron chi connectivity index (χ2n) is 4.38. The maximum atomic E-state index is 6.09. The average molecular weight is 302 g/mol. The Labute approximate surface area is 125 Å². The highest BCUT2D eigenvalue weighted by Gasteiger charge is 2.07. The highest BCUT2D eigenvalue weighted by molar-refractivity contribution is 6.31.